The van der Waals surface area contributed by atoms with E-state index in [2.05, 4.69) is 34.1 Å². The Morgan fingerprint density at radius 1 is 0.938 bits per heavy atom. The highest BCUT2D eigenvalue weighted by molar-refractivity contribution is 9.10. The lowest BCUT2D eigenvalue weighted by molar-refractivity contribution is 0.488. The van der Waals surface area contributed by atoms with E-state index < -0.39 is 0 Å². The van der Waals surface area contributed by atoms with E-state index in [-0.39, 0.29) is 0 Å². The van der Waals surface area contributed by atoms with Crippen molar-refractivity contribution in [2.45, 2.75) is 0 Å². The van der Waals surface area contributed by atoms with E-state index >= 15 is 0 Å². The summed E-state index contributed by atoms with van der Waals surface area (Å²) in [5, 5.41) is 0. The first-order valence-electron chi connectivity index (χ1n) is 5.07. The molecule has 1 nitrogen and oxygen atoms in total. The van der Waals surface area contributed by atoms with Crippen molar-refractivity contribution in [2.24, 2.45) is 0 Å². The van der Waals surface area contributed by atoms with Crippen molar-refractivity contribution >= 4 is 22.0 Å². The molecule has 0 fully saturated rings. The van der Waals surface area contributed by atoms with Gasteiger partial charge in [-0.3, -0.25) is 0 Å². The Morgan fingerprint density at radius 3 is 2.75 bits per heavy atom. The second kappa shape index (κ2) is 3.80. The van der Waals surface area contributed by atoms with Crippen molar-refractivity contribution in [3.8, 4) is 16.9 Å². The molecule has 0 spiro atoms. The number of hydrogen-bond acceptors (Lipinski definition) is 1. The van der Waals surface area contributed by atoms with Gasteiger partial charge in [0.2, 0.25) is 0 Å². The molecule has 2 aromatic carbocycles. The van der Waals surface area contributed by atoms with E-state index in [0.29, 0.717) is 0 Å². The molecule has 0 bridgehead atoms. The van der Waals surface area contributed by atoms with Gasteiger partial charge in [-0.15, -0.1) is 0 Å². The summed E-state index contributed by atoms with van der Waals surface area (Å²) in [6.45, 7) is 0. The van der Waals surface area contributed by atoms with Gasteiger partial charge in [0.05, 0.1) is 6.26 Å². The Kier molecular flexibility index (Phi) is 2.29. The number of fused-ring (bicyclic) bond motifs is 3. The number of hydrogen-bond donors (Lipinski definition) is 0. The third kappa shape index (κ3) is 1.55. The molecule has 0 unspecified atom stereocenters. The lowest BCUT2D eigenvalue weighted by Crippen LogP contribution is -1.85. The predicted octanol–water partition coefficient (Wildman–Crippen LogP) is 4.48. The van der Waals surface area contributed by atoms with Gasteiger partial charge in [0.1, 0.15) is 5.75 Å². The van der Waals surface area contributed by atoms with Crippen molar-refractivity contribution in [1.29, 1.82) is 0 Å². The molecule has 16 heavy (non-hydrogen) atoms. The highest BCUT2D eigenvalue weighted by Gasteiger charge is 2.11. The molecule has 0 amide bonds. The molecule has 0 radical (unpaired) electrons. The van der Waals surface area contributed by atoms with E-state index in [4.69, 9.17) is 4.74 Å². The van der Waals surface area contributed by atoms with Crippen molar-refractivity contribution in [3.63, 3.8) is 0 Å². The van der Waals surface area contributed by atoms with Gasteiger partial charge < -0.3 is 4.74 Å². The van der Waals surface area contributed by atoms with Crippen LogP contribution in [0.2, 0.25) is 0 Å². The van der Waals surface area contributed by atoms with E-state index in [1.807, 2.05) is 30.3 Å². The third-order valence-electron chi connectivity index (χ3n) is 2.64. The topological polar surface area (TPSA) is 9.23 Å². The SMILES string of the molecule is Brc1ccc2c(c1)-c1ccccc1C=CO2. The fraction of sp³-hybridized carbons (Fsp3) is 0. The number of benzene rings is 2. The molecule has 3 rings (SSSR count). The third-order valence-corrected chi connectivity index (χ3v) is 3.13. The molecular formula is C14H9BrO. The molecular weight excluding hydrogens is 264 g/mol. The molecule has 1 aliphatic heterocycles. The molecule has 0 aromatic heterocycles. The van der Waals surface area contributed by atoms with Gasteiger partial charge in [-0.05, 0) is 35.4 Å². The second-order valence-corrected chi connectivity index (χ2v) is 4.56. The molecule has 2 aromatic rings. The van der Waals surface area contributed by atoms with Gasteiger partial charge in [0.15, 0.2) is 0 Å². The fourth-order valence-corrected chi connectivity index (χ4v) is 2.24. The van der Waals surface area contributed by atoms with Gasteiger partial charge >= 0.3 is 0 Å². The first-order chi connectivity index (χ1) is 7.84. The van der Waals surface area contributed by atoms with Crippen LogP contribution in [0, 0.1) is 0 Å². The first kappa shape index (κ1) is 9.67. The van der Waals surface area contributed by atoms with Crippen molar-refractivity contribution < 1.29 is 4.74 Å². The molecule has 78 valence electrons. The van der Waals surface area contributed by atoms with Crippen molar-refractivity contribution in [1.82, 2.24) is 0 Å². The maximum atomic E-state index is 5.58. The molecule has 1 heterocycles. The Balaban J connectivity index is 2.32. The van der Waals surface area contributed by atoms with E-state index in [1.54, 1.807) is 6.26 Å². The molecule has 1 aliphatic rings. The summed E-state index contributed by atoms with van der Waals surface area (Å²) in [5.41, 5.74) is 3.50. The van der Waals surface area contributed by atoms with Crippen LogP contribution in [-0.2, 0) is 0 Å². The van der Waals surface area contributed by atoms with Gasteiger partial charge in [-0.2, -0.15) is 0 Å². The first-order valence-corrected chi connectivity index (χ1v) is 5.86. The van der Waals surface area contributed by atoms with Gasteiger partial charge in [-0.25, -0.2) is 0 Å². The summed E-state index contributed by atoms with van der Waals surface area (Å²) in [6.07, 6.45) is 3.72. The van der Waals surface area contributed by atoms with Crippen LogP contribution < -0.4 is 4.74 Å². The summed E-state index contributed by atoms with van der Waals surface area (Å²) in [5.74, 6) is 0.893. The average molecular weight is 273 g/mol. The molecule has 2 heteroatoms. The Bertz CT molecular complexity index is 573. The van der Waals surface area contributed by atoms with Crippen LogP contribution in [0.1, 0.15) is 5.56 Å². The lowest BCUT2D eigenvalue weighted by atomic mass is 9.99. The number of ether oxygens (including phenoxy) is 1. The lowest BCUT2D eigenvalue weighted by Gasteiger charge is -2.08. The Morgan fingerprint density at radius 2 is 1.81 bits per heavy atom. The zero-order chi connectivity index (χ0) is 11.0. The van der Waals surface area contributed by atoms with Crippen LogP contribution in [0.4, 0.5) is 0 Å². The van der Waals surface area contributed by atoms with Crippen molar-refractivity contribution in [3.05, 3.63) is 58.8 Å². The number of rotatable bonds is 0. The average Bonchev–Trinajstić information content (AvgIpc) is 2.48. The summed E-state index contributed by atoms with van der Waals surface area (Å²) >= 11 is 3.49. The predicted molar refractivity (Wildman–Crippen MR) is 69.2 cm³/mol. The summed E-state index contributed by atoms with van der Waals surface area (Å²) < 4.78 is 6.65. The quantitative estimate of drug-likeness (QED) is 0.687. The molecule has 0 atom stereocenters. The standard InChI is InChI=1S/C14H9BrO/c15-11-5-6-14-13(9-11)12-4-2-1-3-10(12)7-8-16-14/h1-9H. The minimum atomic E-state index is 0.893. The molecule has 0 aliphatic carbocycles. The summed E-state index contributed by atoms with van der Waals surface area (Å²) in [7, 11) is 0. The fourth-order valence-electron chi connectivity index (χ4n) is 1.88. The van der Waals surface area contributed by atoms with Crippen molar-refractivity contribution in [2.75, 3.05) is 0 Å². The normalized spacial score (nSPS) is 12.3. The highest BCUT2D eigenvalue weighted by Crippen LogP contribution is 2.37. The van der Waals surface area contributed by atoms with Crippen LogP contribution in [0.25, 0.3) is 17.2 Å². The Hall–Kier alpha value is -1.54. The minimum absolute atomic E-state index is 0.893. The van der Waals surface area contributed by atoms with Gasteiger partial charge in [0.25, 0.3) is 0 Å². The zero-order valence-corrected chi connectivity index (χ0v) is 10.1. The second-order valence-electron chi connectivity index (χ2n) is 3.65. The maximum absolute atomic E-state index is 5.58. The molecule has 0 saturated carbocycles. The maximum Gasteiger partial charge on any atom is 0.134 e. The smallest absolute Gasteiger partial charge is 0.134 e. The minimum Gasteiger partial charge on any atom is -0.464 e. The van der Waals surface area contributed by atoms with Crippen LogP contribution in [0.3, 0.4) is 0 Å². The van der Waals surface area contributed by atoms with Gasteiger partial charge in [0, 0.05) is 10.0 Å². The van der Waals surface area contributed by atoms with Crippen LogP contribution in [0.5, 0.6) is 5.75 Å². The van der Waals surface area contributed by atoms with Crippen LogP contribution >= 0.6 is 15.9 Å². The van der Waals surface area contributed by atoms with Crippen LogP contribution in [0.15, 0.2) is 53.2 Å². The van der Waals surface area contributed by atoms with Crippen LogP contribution in [-0.4, -0.2) is 0 Å². The monoisotopic (exact) mass is 272 g/mol. The molecule has 0 saturated heterocycles. The summed E-state index contributed by atoms with van der Waals surface area (Å²) in [4.78, 5) is 0. The summed E-state index contributed by atoms with van der Waals surface area (Å²) in [6, 6.07) is 14.3. The molecule has 0 N–H and O–H groups in total. The largest absolute Gasteiger partial charge is 0.464 e. The van der Waals surface area contributed by atoms with Gasteiger partial charge in [-0.1, -0.05) is 40.2 Å². The van der Waals surface area contributed by atoms with E-state index in [0.717, 1.165) is 15.8 Å². The van der Waals surface area contributed by atoms with E-state index in [1.165, 1.54) is 11.1 Å². The zero-order valence-electron chi connectivity index (χ0n) is 8.48. The Labute approximate surface area is 103 Å². The van der Waals surface area contributed by atoms with E-state index in [9.17, 15) is 0 Å². The highest BCUT2D eigenvalue weighted by atomic mass is 79.9. The number of halogens is 1.